The summed E-state index contributed by atoms with van der Waals surface area (Å²) < 4.78 is 15.1. The predicted octanol–water partition coefficient (Wildman–Crippen LogP) is 10.9. The van der Waals surface area contributed by atoms with Gasteiger partial charge in [-0.05, 0) is 98.7 Å². The van der Waals surface area contributed by atoms with E-state index in [0.717, 1.165) is 49.3 Å². The number of nitrogens with zero attached hydrogens (tertiary/aromatic N) is 3. The summed E-state index contributed by atoms with van der Waals surface area (Å²) >= 11 is 6.17. The van der Waals surface area contributed by atoms with Crippen molar-refractivity contribution in [3.63, 3.8) is 0 Å². The summed E-state index contributed by atoms with van der Waals surface area (Å²) in [5.41, 5.74) is 2.14. The Morgan fingerprint density at radius 2 is 1.52 bits per heavy atom. The highest BCUT2D eigenvalue weighted by Crippen LogP contribution is 2.49. The molecule has 5 nitrogen and oxygen atoms in total. The van der Waals surface area contributed by atoms with Gasteiger partial charge in [-0.15, -0.1) is 9.88 Å². The minimum absolute atomic E-state index is 0.137. The summed E-state index contributed by atoms with van der Waals surface area (Å²) in [6.45, 7) is 23.8. The molecule has 5 atom stereocenters. The molecule has 2 rings (SSSR count). The van der Waals surface area contributed by atoms with Crippen molar-refractivity contribution in [1.29, 1.82) is 0 Å². The van der Waals surface area contributed by atoms with Gasteiger partial charge < -0.3 is 14.4 Å². The van der Waals surface area contributed by atoms with Gasteiger partial charge in [0.1, 0.15) is 17.1 Å². The summed E-state index contributed by atoms with van der Waals surface area (Å²) in [7, 11) is 1.96. The van der Waals surface area contributed by atoms with Crippen LogP contribution in [0.15, 0.2) is 66.4 Å². The first-order chi connectivity index (χ1) is 20.9. The van der Waals surface area contributed by atoms with Crippen LogP contribution in [0.25, 0.3) is 0 Å². The van der Waals surface area contributed by atoms with Crippen molar-refractivity contribution >= 4 is 24.9 Å². The first kappa shape index (κ1) is 37.8. The first-order valence-corrected chi connectivity index (χ1v) is 18.9. The number of hydrogen-bond acceptors (Lipinski definition) is 5. The van der Waals surface area contributed by atoms with Crippen molar-refractivity contribution in [1.82, 2.24) is 9.68 Å². The second-order valence-corrected chi connectivity index (χ2v) is 15.9. The second kappa shape index (κ2) is 17.9. The van der Waals surface area contributed by atoms with Gasteiger partial charge in [-0.25, -0.2) is 0 Å². The summed E-state index contributed by atoms with van der Waals surface area (Å²) in [4.78, 5) is 2.34. The molecule has 0 spiro atoms. The summed E-state index contributed by atoms with van der Waals surface area (Å²) in [5.74, 6) is 2.54. The fourth-order valence-corrected chi connectivity index (χ4v) is 7.60. The van der Waals surface area contributed by atoms with E-state index in [9.17, 15) is 0 Å². The number of rotatable bonds is 20. The Balaban J connectivity index is 2.18. The molecule has 0 aliphatic rings. The van der Waals surface area contributed by atoms with Crippen molar-refractivity contribution in [2.75, 3.05) is 13.6 Å². The smallest absolute Gasteiger partial charge is 0.358 e. The highest BCUT2D eigenvalue weighted by molar-refractivity contribution is 8.04. The molecule has 0 fully saturated rings. The van der Waals surface area contributed by atoms with Crippen LogP contribution in [0.3, 0.4) is 0 Å². The van der Waals surface area contributed by atoms with E-state index in [0.29, 0.717) is 12.0 Å². The topological polar surface area (TPSA) is 37.3 Å². The van der Waals surface area contributed by atoms with Crippen LogP contribution in [0.2, 0.25) is 0 Å². The van der Waals surface area contributed by atoms with E-state index in [2.05, 4.69) is 110 Å². The van der Waals surface area contributed by atoms with Crippen molar-refractivity contribution in [2.24, 2.45) is 16.9 Å². The van der Waals surface area contributed by atoms with Gasteiger partial charge >= 0.3 is 6.85 Å². The Hall–Kier alpha value is -2.43. The van der Waals surface area contributed by atoms with Gasteiger partial charge in [0.2, 0.25) is 0 Å². The van der Waals surface area contributed by atoms with Crippen molar-refractivity contribution in [2.45, 2.75) is 118 Å². The molecule has 244 valence electrons. The van der Waals surface area contributed by atoms with Crippen molar-refractivity contribution in [3.05, 3.63) is 72.4 Å². The fourth-order valence-electron chi connectivity index (χ4n) is 5.36. The molecule has 0 aliphatic heterocycles. The predicted molar refractivity (Wildman–Crippen MR) is 195 cm³/mol. The minimum atomic E-state index is -1.18. The zero-order valence-electron chi connectivity index (χ0n) is 29.2. The summed E-state index contributed by atoms with van der Waals surface area (Å²) in [5, 5.41) is 4.21. The Morgan fingerprint density at radius 3 is 2.02 bits per heavy atom. The molecule has 0 aliphatic carbocycles. The van der Waals surface area contributed by atoms with E-state index in [-0.39, 0.29) is 11.5 Å². The van der Waals surface area contributed by atoms with Gasteiger partial charge in [0.25, 0.3) is 5.34 Å². The first-order valence-electron chi connectivity index (χ1n) is 16.6. The molecular formula is C37H59N3O2PS+. The molecule has 0 N–H and O–H groups in total. The molecule has 0 aromatic heterocycles. The van der Waals surface area contributed by atoms with Gasteiger partial charge in [0.15, 0.2) is 11.8 Å². The second-order valence-electron chi connectivity index (χ2n) is 12.8. The van der Waals surface area contributed by atoms with E-state index in [1.54, 1.807) is 0 Å². The summed E-state index contributed by atoms with van der Waals surface area (Å²) in [6, 6.07) is 17.0. The van der Waals surface area contributed by atoms with Crippen LogP contribution in [0.1, 0.15) is 118 Å². The molecule has 44 heavy (non-hydrogen) atoms. The maximum Gasteiger partial charge on any atom is 0.358 e. The van der Waals surface area contributed by atoms with Crippen LogP contribution in [0.4, 0.5) is 0 Å². The number of benzene rings is 2. The lowest BCUT2D eigenvalue weighted by Gasteiger charge is -2.32. The molecule has 0 bridgehead atoms. The lowest BCUT2D eigenvalue weighted by molar-refractivity contribution is 0.0724. The zero-order valence-corrected chi connectivity index (χ0v) is 30.9. The molecule has 7 heteroatoms. The highest BCUT2D eigenvalue weighted by atomic mass is 32.4. The molecule has 2 aromatic carbocycles. The third kappa shape index (κ3) is 10.6. The van der Waals surface area contributed by atoms with Crippen LogP contribution in [-0.4, -0.2) is 40.4 Å². The quantitative estimate of drug-likeness (QED) is 0.0818. The lowest BCUT2D eigenvalue weighted by Crippen LogP contribution is -2.38. The van der Waals surface area contributed by atoms with Gasteiger partial charge in [-0.3, -0.25) is 0 Å². The van der Waals surface area contributed by atoms with Gasteiger partial charge in [-0.2, -0.15) is 0 Å². The largest absolute Gasteiger partial charge is 0.488 e. The molecule has 2 aromatic rings. The monoisotopic (exact) mass is 640 g/mol. The third-order valence-corrected chi connectivity index (χ3v) is 12.5. The molecule has 0 radical (unpaired) electrons. The Bertz CT molecular complexity index is 1190. The van der Waals surface area contributed by atoms with Gasteiger partial charge in [0, 0.05) is 19.4 Å². The van der Waals surface area contributed by atoms with E-state index in [1.807, 2.05) is 36.4 Å². The minimum Gasteiger partial charge on any atom is -0.488 e. The molecule has 5 unspecified atom stereocenters. The normalized spacial score (nSPS) is 16.1. The van der Waals surface area contributed by atoms with Crippen molar-refractivity contribution in [3.8, 4) is 11.5 Å². The van der Waals surface area contributed by atoms with E-state index in [4.69, 9.17) is 26.4 Å². The molecule has 0 saturated carbocycles. The Morgan fingerprint density at radius 1 is 0.932 bits per heavy atom. The number of hydrazone groups is 1. The highest BCUT2D eigenvalue weighted by Gasteiger charge is 2.50. The van der Waals surface area contributed by atoms with Crippen LogP contribution >= 0.6 is 6.85 Å². The lowest BCUT2D eigenvalue weighted by atomic mass is 9.96. The van der Waals surface area contributed by atoms with E-state index in [1.165, 1.54) is 18.4 Å². The van der Waals surface area contributed by atoms with Crippen LogP contribution < -0.4 is 9.47 Å². The van der Waals surface area contributed by atoms with Crippen molar-refractivity contribution < 1.29 is 9.47 Å². The fraction of sp³-hybridized carbons (Fsp3) is 0.595. The Labute approximate surface area is 275 Å². The van der Waals surface area contributed by atoms with E-state index >= 15 is 0 Å². The average Bonchev–Trinajstić information content (AvgIpc) is 3.02. The standard InChI is InChI=1S/C37H59N3O2PS/c1-12-17-26-36(9,15-4)41-33-22-18-31(19-23-33)27-38-39(11)43(44)37(10,30(8)13-2)42-34-24-20-32(21-25-34)35(14-3)40(16-5)28-29(6)7/h16,18-25,27,29-30,35H,5,12-15,17,26,28H2,1-4,6-11H3/q+1. The maximum atomic E-state index is 6.77. The van der Waals surface area contributed by atoms with Crippen LogP contribution in [0, 0.1) is 11.8 Å². The third-order valence-electron chi connectivity index (χ3n) is 8.78. The van der Waals surface area contributed by atoms with Crippen LogP contribution in [0.5, 0.6) is 11.5 Å². The van der Waals surface area contributed by atoms with Gasteiger partial charge in [-0.1, -0.05) is 73.6 Å². The number of unbranched alkanes of at least 4 members (excludes halogenated alkanes) is 1. The average molecular weight is 641 g/mol. The molecule has 0 amide bonds. The zero-order chi connectivity index (χ0) is 32.9. The van der Waals surface area contributed by atoms with Crippen LogP contribution in [-0.2, 0) is 11.8 Å². The maximum absolute atomic E-state index is 6.77. The molecular weight excluding hydrogens is 581 g/mol. The van der Waals surface area contributed by atoms with Gasteiger partial charge in [0.05, 0.1) is 19.3 Å². The van der Waals surface area contributed by atoms with E-state index < -0.39 is 12.2 Å². The Kier molecular flexibility index (Phi) is 15.4. The summed E-state index contributed by atoms with van der Waals surface area (Å²) in [6.07, 6.45) is 10.2. The SMILES string of the molecule is C=CN(CC(C)C)C(CC)c1ccc(OC(C)(C(C)CC)[P+](=S)N(C)N=Cc2ccc(OC(C)(CC)CCCC)cc2)cc1. The molecule has 0 heterocycles. The number of ether oxygens (including phenoxy) is 2. The number of hydrogen-bond donors (Lipinski definition) is 0. The molecule has 0 saturated heterocycles.